The van der Waals surface area contributed by atoms with E-state index in [-0.39, 0.29) is 23.9 Å². The molecule has 5 nitrogen and oxygen atoms in total. The second-order valence-corrected chi connectivity index (χ2v) is 5.25. The summed E-state index contributed by atoms with van der Waals surface area (Å²) < 4.78 is 0. The molecule has 20 heavy (non-hydrogen) atoms. The van der Waals surface area contributed by atoms with E-state index in [0.29, 0.717) is 10.8 Å². The SMILES string of the molecule is CC(=O)Nc1cccc(C(C)N2C(=O)C(C)NC2=S)c1. The third-order valence-electron chi connectivity index (χ3n) is 3.24. The van der Waals surface area contributed by atoms with E-state index in [0.717, 1.165) is 5.56 Å². The van der Waals surface area contributed by atoms with Crippen molar-refractivity contribution in [3.05, 3.63) is 29.8 Å². The molecular weight excluding hydrogens is 274 g/mol. The Morgan fingerprint density at radius 1 is 1.50 bits per heavy atom. The number of nitrogens with one attached hydrogen (secondary N) is 2. The zero-order valence-corrected chi connectivity index (χ0v) is 12.5. The number of rotatable bonds is 3. The van der Waals surface area contributed by atoms with Crippen molar-refractivity contribution in [1.82, 2.24) is 10.2 Å². The van der Waals surface area contributed by atoms with Gasteiger partial charge in [-0.3, -0.25) is 14.5 Å². The van der Waals surface area contributed by atoms with Crippen LogP contribution in [-0.4, -0.2) is 27.9 Å². The van der Waals surface area contributed by atoms with Crippen LogP contribution in [0.25, 0.3) is 0 Å². The van der Waals surface area contributed by atoms with Gasteiger partial charge in [-0.1, -0.05) is 12.1 Å². The van der Waals surface area contributed by atoms with Gasteiger partial charge in [-0.05, 0) is 43.8 Å². The van der Waals surface area contributed by atoms with Gasteiger partial charge in [-0.25, -0.2) is 0 Å². The third kappa shape index (κ3) is 2.80. The fourth-order valence-electron chi connectivity index (χ4n) is 2.22. The quantitative estimate of drug-likeness (QED) is 0.834. The zero-order chi connectivity index (χ0) is 14.9. The summed E-state index contributed by atoms with van der Waals surface area (Å²) in [7, 11) is 0. The predicted octanol–water partition coefficient (Wildman–Crippen LogP) is 1.81. The summed E-state index contributed by atoms with van der Waals surface area (Å²) in [6.45, 7) is 5.16. The van der Waals surface area contributed by atoms with Crippen LogP contribution in [0.1, 0.15) is 32.4 Å². The standard InChI is InChI=1S/C14H17N3O2S/c1-8-13(19)17(14(20)15-8)9(2)11-5-4-6-12(7-11)16-10(3)18/h4-9H,1-3H3,(H,15,20)(H,16,18). The molecular formula is C14H17N3O2S. The van der Waals surface area contributed by atoms with Crippen LogP contribution in [0.5, 0.6) is 0 Å². The van der Waals surface area contributed by atoms with E-state index >= 15 is 0 Å². The minimum Gasteiger partial charge on any atom is -0.351 e. The van der Waals surface area contributed by atoms with Gasteiger partial charge in [0.25, 0.3) is 5.91 Å². The molecule has 6 heteroatoms. The van der Waals surface area contributed by atoms with Crippen LogP contribution in [0.3, 0.4) is 0 Å². The summed E-state index contributed by atoms with van der Waals surface area (Å²) in [5.41, 5.74) is 1.63. The van der Waals surface area contributed by atoms with Crippen molar-refractivity contribution >= 4 is 34.8 Å². The summed E-state index contributed by atoms with van der Waals surface area (Å²) in [4.78, 5) is 24.8. The van der Waals surface area contributed by atoms with Gasteiger partial charge in [0.15, 0.2) is 5.11 Å². The van der Waals surface area contributed by atoms with Gasteiger partial charge in [-0.2, -0.15) is 0 Å². The highest BCUT2D eigenvalue weighted by molar-refractivity contribution is 7.80. The lowest BCUT2D eigenvalue weighted by Crippen LogP contribution is -2.33. The van der Waals surface area contributed by atoms with Crippen molar-refractivity contribution in [2.45, 2.75) is 32.9 Å². The minimum absolute atomic E-state index is 0.0348. The van der Waals surface area contributed by atoms with E-state index in [4.69, 9.17) is 12.2 Å². The van der Waals surface area contributed by atoms with E-state index < -0.39 is 0 Å². The van der Waals surface area contributed by atoms with Crippen LogP contribution in [0, 0.1) is 0 Å². The van der Waals surface area contributed by atoms with Crippen molar-refractivity contribution < 1.29 is 9.59 Å². The average molecular weight is 291 g/mol. The van der Waals surface area contributed by atoms with Gasteiger partial charge >= 0.3 is 0 Å². The lowest BCUT2D eigenvalue weighted by Gasteiger charge is -2.24. The molecule has 2 unspecified atom stereocenters. The molecule has 1 heterocycles. The molecule has 2 atom stereocenters. The van der Waals surface area contributed by atoms with E-state index in [2.05, 4.69) is 10.6 Å². The first-order chi connectivity index (χ1) is 9.40. The Morgan fingerprint density at radius 3 is 2.75 bits per heavy atom. The second kappa shape index (κ2) is 5.58. The van der Waals surface area contributed by atoms with Crippen molar-refractivity contribution in [1.29, 1.82) is 0 Å². The van der Waals surface area contributed by atoms with Gasteiger partial charge in [-0.15, -0.1) is 0 Å². The Labute approximate surface area is 123 Å². The molecule has 0 saturated carbocycles. The monoisotopic (exact) mass is 291 g/mol. The van der Waals surface area contributed by atoms with Crippen molar-refractivity contribution in [3.63, 3.8) is 0 Å². The molecule has 1 fully saturated rings. The van der Waals surface area contributed by atoms with Crippen LogP contribution in [0.15, 0.2) is 24.3 Å². The number of carbonyl (C=O) groups excluding carboxylic acids is 2. The number of amides is 2. The van der Waals surface area contributed by atoms with Crippen molar-refractivity contribution in [2.75, 3.05) is 5.32 Å². The molecule has 2 amide bonds. The number of nitrogens with zero attached hydrogens (tertiary/aromatic N) is 1. The molecule has 106 valence electrons. The summed E-state index contributed by atoms with van der Waals surface area (Å²) >= 11 is 5.20. The van der Waals surface area contributed by atoms with Gasteiger partial charge < -0.3 is 10.6 Å². The van der Waals surface area contributed by atoms with Gasteiger partial charge in [0.05, 0.1) is 6.04 Å². The van der Waals surface area contributed by atoms with Crippen molar-refractivity contribution in [3.8, 4) is 0 Å². The van der Waals surface area contributed by atoms with Crippen LogP contribution in [-0.2, 0) is 9.59 Å². The minimum atomic E-state index is -0.288. The fourth-order valence-corrected chi connectivity index (χ4v) is 2.65. The number of carbonyl (C=O) groups is 2. The molecule has 2 N–H and O–H groups in total. The molecule has 1 aromatic carbocycles. The topological polar surface area (TPSA) is 61.4 Å². The van der Waals surface area contributed by atoms with E-state index in [1.54, 1.807) is 11.8 Å². The summed E-state index contributed by atoms with van der Waals surface area (Å²) in [5.74, 6) is -0.162. The lowest BCUT2D eigenvalue weighted by molar-refractivity contribution is -0.128. The maximum absolute atomic E-state index is 12.1. The highest BCUT2D eigenvalue weighted by Gasteiger charge is 2.35. The Hall–Kier alpha value is -1.95. The Bertz CT molecular complexity index is 573. The summed E-state index contributed by atoms with van der Waals surface area (Å²) in [6.07, 6.45) is 0. The number of hydrogen-bond acceptors (Lipinski definition) is 3. The van der Waals surface area contributed by atoms with Crippen LogP contribution < -0.4 is 10.6 Å². The molecule has 1 saturated heterocycles. The van der Waals surface area contributed by atoms with E-state index in [1.165, 1.54) is 6.92 Å². The average Bonchev–Trinajstić information content (AvgIpc) is 2.62. The first-order valence-corrected chi connectivity index (χ1v) is 6.82. The third-order valence-corrected chi connectivity index (χ3v) is 3.56. The highest BCUT2D eigenvalue weighted by Crippen LogP contribution is 2.26. The van der Waals surface area contributed by atoms with Crippen LogP contribution in [0.4, 0.5) is 5.69 Å². The summed E-state index contributed by atoms with van der Waals surface area (Å²) in [5, 5.41) is 6.13. The Balaban J connectivity index is 2.25. The van der Waals surface area contributed by atoms with Gasteiger partial charge in [0.2, 0.25) is 5.91 Å². The Kier molecular flexibility index (Phi) is 4.04. The largest absolute Gasteiger partial charge is 0.351 e. The molecule has 0 spiro atoms. The van der Waals surface area contributed by atoms with Crippen molar-refractivity contribution in [2.24, 2.45) is 0 Å². The molecule has 0 bridgehead atoms. The molecule has 0 radical (unpaired) electrons. The van der Waals surface area contributed by atoms with Gasteiger partial charge in [0.1, 0.15) is 6.04 Å². The van der Waals surface area contributed by atoms with Gasteiger partial charge in [0, 0.05) is 12.6 Å². The highest BCUT2D eigenvalue weighted by atomic mass is 32.1. The number of hydrogen-bond donors (Lipinski definition) is 2. The first-order valence-electron chi connectivity index (χ1n) is 6.41. The fraction of sp³-hybridized carbons (Fsp3) is 0.357. The van der Waals surface area contributed by atoms with E-state index in [9.17, 15) is 9.59 Å². The number of benzene rings is 1. The van der Waals surface area contributed by atoms with Crippen LogP contribution >= 0.6 is 12.2 Å². The Morgan fingerprint density at radius 2 is 2.20 bits per heavy atom. The van der Waals surface area contributed by atoms with E-state index in [1.807, 2.05) is 31.2 Å². The normalized spacial score (nSPS) is 19.8. The summed E-state index contributed by atoms with van der Waals surface area (Å²) in [6, 6.07) is 6.95. The number of thiocarbonyl (C=S) groups is 1. The maximum atomic E-state index is 12.1. The second-order valence-electron chi connectivity index (χ2n) is 4.86. The maximum Gasteiger partial charge on any atom is 0.251 e. The molecule has 1 aromatic rings. The molecule has 1 aliphatic heterocycles. The molecule has 0 aromatic heterocycles. The van der Waals surface area contributed by atoms with Crippen LogP contribution in [0.2, 0.25) is 0 Å². The molecule has 2 rings (SSSR count). The first kappa shape index (κ1) is 14.5. The molecule has 1 aliphatic rings. The predicted molar refractivity (Wildman–Crippen MR) is 81.2 cm³/mol. The number of anilines is 1. The zero-order valence-electron chi connectivity index (χ0n) is 11.6. The molecule has 0 aliphatic carbocycles. The smallest absolute Gasteiger partial charge is 0.251 e. The lowest BCUT2D eigenvalue weighted by atomic mass is 10.1.